The van der Waals surface area contributed by atoms with Crippen molar-refractivity contribution >= 4 is 17.0 Å². The topological polar surface area (TPSA) is 57.0 Å². The van der Waals surface area contributed by atoms with Crippen LogP contribution in [0.3, 0.4) is 0 Å². The third kappa shape index (κ3) is 2.65. The Bertz CT molecular complexity index is 735. The number of nitrogens with one attached hydrogen (secondary N) is 1. The van der Waals surface area contributed by atoms with E-state index in [2.05, 4.69) is 15.6 Å². The number of imidazole rings is 1. The molecule has 0 fully saturated rings. The molecule has 0 aliphatic carbocycles. The highest BCUT2D eigenvalue weighted by atomic mass is 35.5. The first-order chi connectivity index (χ1) is 9.24. The Morgan fingerprint density at radius 1 is 1.10 bits per heavy atom. The van der Waals surface area contributed by atoms with Crippen LogP contribution >= 0.6 is 0 Å². The maximum absolute atomic E-state index is 10.8. The van der Waals surface area contributed by atoms with Gasteiger partial charge in [0.1, 0.15) is 6.54 Å². The van der Waals surface area contributed by atoms with Gasteiger partial charge in [-0.05, 0) is 29.8 Å². The first-order valence-electron chi connectivity index (χ1n) is 6.02. The van der Waals surface area contributed by atoms with Crippen molar-refractivity contribution < 1.29 is 26.9 Å². The molecule has 20 heavy (non-hydrogen) atoms. The Hall–Kier alpha value is -2.33. The zero-order chi connectivity index (χ0) is 13.2. The van der Waals surface area contributed by atoms with Crippen molar-refractivity contribution in [1.29, 1.82) is 0 Å². The first kappa shape index (κ1) is 14.1. The summed E-state index contributed by atoms with van der Waals surface area (Å²) < 4.78 is 2.10. The van der Waals surface area contributed by atoms with E-state index in [1.54, 1.807) is 12.1 Å². The van der Waals surface area contributed by atoms with Gasteiger partial charge in [0.2, 0.25) is 6.33 Å². The van der Waals surface area contributed by atoms with Crippen LogP contribution in [0.2, 0.25) is 0 Å². The van der Waals surface area contributed by atoms with E-state index in [1.165, 1.54) is 0 Å². The number of hydrogen-bond donors (Lipinski definition) is 2. The third-order valence-corrected chi connectivity index (χ3v) is 3.14. The third-order valence-electron chi connectivity index (χ3n) is 3.14. The molecule has 3 rings (SSSR count). The Kier molecular flexibility index (Phi) is 4.05. The van der Waals surface area contributed by atoms with Crippen molar-refractivity contribution in [2.75, 3.05) is 0 Å². The number of aromatic carboxylic acids is 1. The molecule has 0 saturated carbocycles. The number of hydrogen-bond acceptors (Lipinski definition) is 1. The molecule has 0 amide bonds. The molecule has 2 N–H and O–H groups in total. The fraction of sp³-hybridized carbons (Fsp3) is 0.0667. The fourth-order valence-electron chi connectivity index (χ4n) is 2.14. The molecule has 1 aromatic heterocycles. The number of benzene rings is 2. The monoisotopic (exact) mass is 288 g/mol. The van der Waals surface area contributed by atoms with Crippen LogP contribution in [-0.4, -0.2) is 16.1 Å². The first-order valence-corrected chi connectivity index (χ1v) is 6.02. The highest BCUT2D eigenvalue weighted by Crippen LogP contribution is 2.08. The minimum absolute atomic E-state index is 0. The molecule has 5 heteroatoms. The van der Waals surface area contributed by atoms with Gasteiger partial charge in [0.05, 0.1) is 5.56 Å². The van der Waals surface area contributed by atoms with Crippen LogP contribution in [0.15, 0.2) is 54.9 Å². The lowest BCUT2D eigenvalue weighted by atomic mass is 10.1. The Balaban J connectivity index is 0.00000147. The Morgan fingerprint density at radius 3 is 2.50 bits per heavy atom. The summed E-state index contributed by atoms with van der Waals surface area (Å²) in [4.78, 5) is 14.0. The number of carbonyl (C=O) groups is 1. The number of fused-ring (bicyclic) bond motifs is 1. The number of para-hydroxylation sites is 2. The van der Waals surface area contributed by atoms with Gasteiger partial charge in [0.15, 0.2) is 11.0 Å². The number of rotatable bonds is 3. The van der Waals surface area contributed by atoms with E-state index in [1.807, 2.05) is 36.7 Å². The summed E-state index contributed by atoms with van der Waals surface area (Å²) in [6.45, 7) is 0.712. The van der Waals surface area contributed by atoms with Gasteiger partial charge < -0.3 is 17.5 Å². The summed E-state index contributed by atoms with van der Waals surface area (Å²) in [6.07, 6.45) is 1.93. The average molecular weight is 289 g/mol. The lowest BCUT2D eigenvalue weighted by molar-refractivity contribution is -0.662. The minimum Gasteiger partial charge on any atom is -1.00 e. The summed E-state index contributed by atoms with van der Waals surface area (Å²) in [5.41, 5.74) is 3.60. The van der Waals surface area contributed by atoms with Gasteiger partial charge in [-0.1, -0.05) is 24.3 Å². The smallest absolute Gasteiger partial charge is 0.335 e. The van der Waals surface area contributed by atoms with Crippen molar-refractivity contribution in [2.24, 2.45) is 0 Å². The molecule has 2 aromatic carbocycles. The summed E-state index contributed by atoms with van der Waals surface area (Å²) in [6, 6.07) is 15.0. The Labute approximate surface area is 122 Å². The standard InChI is InChI=1S/C15H12N2O2.ClH/c18-15(19)12-7-5-11(6-8-12)9-17-10-16-13-3-1-2-4-14(13)17;/h1-8,10H,9H2,(H,18,19);1H. The van der Waals surface area contributed by atoms with Crippen molar-refractivity contribution in [1.82, 2.24) is 4.98 Å². The van der Waals surface area contributed by atoms with Crippen LogP contribution in [-0.2, 0) is 6.54 Å². The van der Waals surface area contributed by atoms with E-state index in [0.29, 0.717) is 12.1 Å². The predicted molar refractivity (Wildman–Crippen MR) is 71.0 cm³/mol. The predicted octanol–water partition coefficient (Wildman–Crippen LogP) is -0.794. The van der Waals surface area contributed by atoms with Crippen molar-refractivity contribution in [3.05, 3.63) is 66.0 Å². The second-order valence-electron chi connectivity index (χ2n) is 4.42. The SMILES string of the molecule is O=C(O)c1ccc(C[n+]2c[nH]c3ccccc32)cc1.[Cl-]. The molecule has 0 radical (unpaired) electrons. The quantitative estimate of drug-likeness (QED) is 0.621. The summed E-state index contributed by atoms with van der Waals surface area (Å²) in [5, 5.41) is 8.86. The maximum atomic E-state index is 10.8. The number of carboxylic acids is 1. The van der Waals surface area contributed by atoms with Crippen LogP contribution in [0, 0.1) is 0 Å². The summed E-state index contributed by atoms with van der Waals surface area (Å²) in [5.74, 6) is -0.897. The lowest BCUT2D eigenvalue weighted by Crippen LogP contribution is -3.00. The second kappa shape index (κ2) is 5.75. The summed E-state index contributed by atoms with van der Waals surface area (Å²) >= 11 is 0. The van der Waals surface area contributed by atoms with Gasteiger partial charge in [-0.15, -0.1) is 0 Å². The van der Waals surface area contributed by atoms with Crippen LogP contribution in [0.25, 0.3) is 11.0 Å². The normalized spacial score (nSPS) is 10.2. The van der Waals surface area contributed by atoms with E-state index < -0.39 is 5.97 Å². The van der Waals surface area contributed by atoms with E-state index in [0.717, 1.165) is 16.6 Å². The van der Waals surface area contributed by atoms with Gasteiger partial charge in [-0.25, -0.2) is 14.3 Å². The maximum Gasteiger partial charge on any atom is 0.335 e. The zero-order valence-corrected chi connectivity index (χ0v) is 11.3. The van der Waals surface area contributed by atoms with Crippen LogP contribution < -0.4 is 17.0 Å². The molecule has 3 aromatic rings. The minimum atomic E-state index is -0.897. The molecule has 0 atom stereocenters. The molecule has 0 spiro atoms. The average Bonchev–Trinajstić information content (AvgIpc) is 2.83. The summed E-state index contributed by atoms with van der Waals surface area (Å²) in [7, 11) is 0. The molecule has 102 valence electrons. The molecule has 0 aliphatic rings. The van der Waals surface area contributed by atoms with Gasteiger partial charge in [0.25, 0.3) is 0 Å². The Morgan fingerprint density at radius 2 is 1.80 bits per heavy atom. The van der Waals surface area contributed by atoms with Crippen LogP contribution in [0.4, 0.5) is 0 Å². The molecule has 4 nitrogen and oxygen atoms in total. The highest BCUT2D eigenvalue weighted by Gasteiger charge is 2.09. The van der Waals surface area contributed by atoms with Gasteiger partial charge in [-0.3, -0.25) is 0 Å². The molecule has 0 bridgehead atoms. The second-order valence-corrected chi connectivity index (χ2v) is 4.42. The number of carboxylic acid groups (broad SMARTS) is 1. The van der Waals surface area contributed by atoms with E-state index in [4.69, 9.17) is 5.11 Å². The van der Waals surface area contributed by atoms with Crippen molar-refractivity contribution in [3.63, 3.8) is 0 Å². The van der Waals surface area contributed by atoms with Crippen molar-refractivity contribution in [3.8, 4) is 0 Å². The van der Waals surface area contributed by atoms with E-state index in [-0.39, 0.29) is 12.4 Å². The number of aromatic amines is 1. The number of aromatic nitrogens is 2. The fourth-order valence-corrected chi connectivity index (χ4v) is 2.14. The van der Waals surface area contributed by atoms with E-state index in [9.17, 15) is 4.79 Å². The van der Waals surface area contributed by atoms with Crippen LogP contribution in [0.5, 0.6) is 0 Å². The number of H-pyrrole nitrogens is 1. The molecular formula is C15H13ClN2O2. The highest BCUT2D eigenvalue weighted by molar-refractivity contribution is 5.87. The van der Waals surface area contributed by atoms with Gasteiger partial charge in [-0.2, -0.15) is 0 Å². The molecule has 0 unspecified atom stereocenters. The molecule has 0 saturated heterocycles. The van der Waals surface area contributed by atoms with E-state index >= 15 is 0 Å². The molecule has 0 aliphatic heterocycles. The zero-order valence-electron chi connectivity index (χ0n) is 10.6. The number of halogens is 1. The number of nitrogens with zero attached hydrogens (tertiary/aromatic N) is 1. The van der Waals surface area contributed by atoms with Gasteiger partial charge in [0, 0.05) is 0 Å². The lowest BCUT2D eigenvalue weighted by Gasteiger charge is -2.00. The molecule has 1 heterocycles. The van der Waals surface area contributed by atoms with Gasteiger partial charge >= 0.3 is 5.97 Å². The largest absolute Gasteiger partial charge is 1.00 e. The van der Waals surface area contributed by atoms with Crippen molar-refractivity contribution in [2.45, 2.75) is 6.54 Å². The van der Waals surface area contributed by atoms with Crippen LogP contribution in [0.1, 0.15) is 15.9 Å². The molecular weight excluding hydrogens is 276 g/mol.